The van der Waals surface area contributed by atoms with Crippen LogP contribution in [0, 0.1) is 0 Å². The summed E-state index contributed by atoms with van der Waals surface area (Å²) in [7, 11) is 0. The Bertz CT molecular complexity index is 643. The number of amides is 2. The number of nitrogens with zero attached hydrogens (tertiary/aromatic N) is 1. The Morgan fingerprint density at radius 3 is 2.44 bits per heavy atom. The number of benzene rings is 1. The minimum atomic E-state index is -4.58. The van der Waals surface area contributed by atoms with Gasteiger partial charge in [0.1, 0.15) is 12.8 Å². The zero-order chi connectivity index (χ0) is 19.1. The van der Waals surface area contributed by atoms with Crippen LogP contribution in [0.3, 0.4) is 0 Å². The summed E-state index contributed by atoms with van der Waals surface area (Å²) in [5, 5.41) is 6.59. The molecule has 0 unspecified atom stereocenters. The summed E-state index contributed by atoms with van der Waals surface area (Å²) in [6.07, 6.45) is -8.65. The molecule has 0 bridgehead atoms. The molecule has 6 nitrogen and oxygen atoms in total. The van der Waals surface area contributed by atoms with Crippen LogP contribution in [-0.2, 0) is 20.6 Å². The van der Waals surface area contributed by atoms with Crippen LogP contribution >= 0.6 is 0 Å². The Morgan fingerprint density at radius 2 is 1.84 bits per heavy atom. The first-order valence-electron chi connectivity index (χ1n) is 6.44. The van der Waals surface area contributed by atoms with Gasteiger partial charge in [-0.25, -0.2) is 0 Å². The summed E-state index contributed by atoms with van der Waals surface area (Å²) < 4.78 is 72.9. The Hall–Kier alpha value is -2.79. The average Bonchev–Trinajstić information content (AvgIpc) is 2.48. The maximum Gasteiger partial charge on any atom is 0.416 e. The number of hydrogen-bond acceptors (Lipinski definition) is 4. The smallest absolute Gasteiger partial charge is 0.386 e. The molecule has 12 heteroatoms. The Kier molecular flexibility index (Phi) is 6.77. The lowest BCUT2D eigenvalue weighted by atomic mass is 10.2. The van der Waals surface area contributed by atoms with Crippen LogP contribution < -0.4 is 10.6 Å². The van der Waals surface area contributed by atoms with Gasteiger partial charge in [-0.2, -0.15) is 26.3 Å². The van der Waals surface area contributed by atoms with Crippen molar-refractivity contribution in [1.82, 2.24) is 5.32 Å². The van der Waals surface area contributed by atoms with Crippen LogP contribution in [0.5, 0.6) is 0 Å². The van der Waals surface area contributed by atoms with E-state index in [2.05, 4.69) is 15.3 Å². The molecule has 138 valence electrons. The maximum atomic E-state index is 12.5. The quantitative estimate of drug-likeness (QED) is 0.458. The van der Waals surface area contributed by atoms with Crippen molar-refractivity contribution in [3.05, 3.63) is 29.8 Å². The Labute approximate surface area is 136 Å². The highest BCUT2D eigenvalue weighted by Crippen LogP contribution is 2.30. The average molecular weight is 371 g/mol. The summed E-state index contributed by atoms with van der Waals surface area (Å²) in [6, 6.07) is 3.78. The van der Waals surface area contributed by atoms with Gasteiger partial charge in [0.15, 0.2) is 6.61 Å². The van der Waals surface area contributed by atoms with E-state index < -0.39 is 42.9 Å². The minimum absolute atomic E-state index is 0.158. The number of anilines is 1. The fourth-order valence-electron chi connectivity index (χ4n) is 1.38. The summed E-state index contributed by atoms with van der Waals surface area (Å²) in [5.74, 6) is -2.08. The summed E-state index contributed by atoms with van der Waals surface area (Å²) in [5.41, 5.74) is -1.13. The third-order valence-corrected chi connectivity index (χ3v) is 2.38. The lowest BCUT2D eigenvalue weighted by Crippen LogP contribution is -2.35. The fourth-order valence-corrected chi connectivity index (χ4v) is 1.38. The van der Waals surface area contributed by atoms with Crippen molar-refractivity contribution in [3.63, 3.8) is 0 Å². The fraction of sp³-hybridized carbons (Fsp3) is 0.308. The number of carbonyl (C=O) groups excluding carboxylic acids is 2. The van der Waals surface area contributed by atoms with Crippen molar-refractivity contribution in [1.29, 1.82) is 0 Å². The Morgan fingerprint density at radius 1 is 1.16 bits per heavy atom. The van der Waals surface area contributed by atoms with E-state index in [0.717, 1.165) is 12.1 Å². The van der Waals surface area contributed by atoms with E-state index >= 15 is 0 Å². The van der Waals surface area contributed by atoms with Gasteiger partial charge in [-0.05, 0) is 18.2 Å². The molecule has 1 aromatic carbocycles. The monoisotopic (exact) mass is 371 g/mol. The molecule has 2 N–H and O–H groups in total. The van der Waals surface area contributed by atoms with Crippen LogP contribution in [0.15, 0.2) is 29.4 Å². The maximum absolute atomic E-state index is 12.5. The number of carbonyl (C=O) groups is 2. The second-order valence-corrected chi connectivity index (χ2v) is 4.47. The molecule has 0 aliphatic heterocycles. The molecule has 0 fully saturated rings. The van der Waals surface area contributed by atoms with Gasteiger partial charge < -0.3 is 15.5 Å². The molecule has 0 saturated carbocycles. The number of nitrogens with one attached hydrogen (secondary N) is 2. The van der Waals surface area contributed by atoms with Crippen molar-refractivity contribution in [3.8, 4) is 0 Å². The third kappa shape index (κ3) is 8.58. The molecule has 0 spiro atoms. The topological polar surface area (TPSA) is 79.8 Å². The molecule has 0 saturated heterocycles. The van der Waals surface area contributed by atoms with E-state index in [1.807, 2.05) is 0 Å². The van der Waals surface area contributed by atoms with Gasteiger partial charge in [0, 0.05) is 5.69 Å². The molecular formula is C13H11F6N3O3. The van der Waals surface area contributed by atoms with Gasteiger partial charge in [-0.15, -0.1) is 0 Å². The van der Waals surface area contributed by atoms with Crippen molar-refractivity contribution in [2.75, 3.05) is 18.5 Å². The van der Waals surface area contributed by atoms with Gasteiger partial charge in [0.25, 0.3) is 11.8 Å². The standard InChI is InChI=1S/C13H11F6N3O3/c14-12(15,16)7-20-11(24)6-25-21-5-10(23)22-9-3-1-2-8(4-9)13(17,18)19/h1-5H,6-7H2,(H,20,24)(H,22,23)/b21-5+. The predicted molar refractivity (Wildman–Crippen MR) is 73.6 cm³/mol. The molecule has 0 atom stereocenters. The zero-order valence-electron chi connectivity index (χ0n) is 12.2. The zero-order valence-corrected chi connectivity index (χ0v) is 12.2. The lowest BCUT2D eigenvalue weighted by Gasteiger charge is -2.08. The molecule has 1 aromatic rings. The number of alkyl halides is 6. The Balaban J connectivity index is 2.42. The molecule has 25 heavy (non-hydrogen) atoms. The predicted octanol–water partition coefficient (Wildman–Crippen LogP) is 2.32. The van der Waals surface area contributed by atoms with E-state index in [-0.39, 0.29) is 5.69 Å². The first-order valence-corrected chi connectivity index (χ1v) is 6.44. The molecule has 0 aromatic heterocycles. The largest absolute Gasteiger partial charge is 0.416 e. The first kappa shape index (κ1) is 20.3. The second kappa shape index (κ2) is 8.35. The highest BCUT2D eigenvalue weighted by Gasteiger charge is 2.30. The molecule has 1 rings (SSSR count). The van der Waals surface area contributed by atoms with E-state index in [0.29, 0.717) is 12.3 Å². The highest BCUT2D eigenvalue weighted by molar-refractivity contribution is 6.31. The van der Waals surface area contributed by atoms with Crippen LogP contribution in [0.2, 0.25) is 0 Å². The van der Waals surface area contributed by atoms with Crippen molar-refractivity contribution in [2.45, 2.75) is 12.4 Å². The lowest BCUT2D eigenvalue weighted by molar-refractivity contribution is -0.141. The van der Waals surface area contributed by atoms with Crippen molar-refractivity contribution >= 4 is 23.7 Å². The molecule has 0 radical (unpaired) electrons. The van der Waals surface area contributed by atoms with E-state index in [4.69, 9.17) is 0 Å². The van der Waals surface area contributed by atoms with E-state index in [1.54, 1.807) is 0 Å². The van der Waals surface area contributed by atoms with Gasteiger partial charge in [-0.1, -0.05) is 11.2 Å². The molecule has 0 aliphatic carbocycles. The van der Waals surface area contributed by atoms with Crippen LogP contribution in [-0.4, -0.2) is 37.4 Å². The number of rotatable bonds is 6. The highest BCUT2D eigenvalue weighted by atomic mass is 19.4. The van der Waals surface area contributed by atoms with Gasteiger partial charge in [0.2, 0.25) is 0 Å². The number of halogens is 6. The van der Waals surface area contributed by atoms with E-state index in [9.17, 15) is 35.9 Å². The van der Waals surface area contributed by atoms with E-state index in [1.165, 1.54) is 11.4 Å². The SMILES string of the molecule is O=C(/C=N/OCC(=O)NCC(F)(F)F)Nc1cccc(C(F)(F)F)c1. The van der Waals surface area contributed by atoms with Gasteiger partial charge in [0.05, 0.1) is 5.56 Å². The number of hydrogen-bond donors (Lipinski definition) is 2. The summed E-state index contributed by atoms with van der Waals surface area (Å²) >= 11 is 0. The van der Waals surface area contributed by atoms with Crippen LogP contribution in [0.25, 0.3) is 0 Å². The van der Waals surface area contributed by atoms with Crippen molar-refractivity contribution in [2.24, 2.45) is 5.16 Å². The van der Waals surface area contributed by atoms with Gasteiger partial charge in [-0.3, -0.25) is 9.59 Å². The molecule has 0 aliphatic rings. The normalized spacial score (nSPS) is 12.1. The molecular weight excluding hydrogens is 360 g/mol. The van der Waals surface area contributed by atoms with Crippen molar-refractivity contribution < 1.29 is 40.8 Å². The van der Waals surface area contributed by atoms with Crippen LogP contribution in [0.1, 0.15) is 5.56 Å². The second-order valence-electron chi connectivity index (χ2n) is 4.47. The summed E-state index contributed by atoms with van der Waals surface area (Å²) in [6.45, 7) is -2.42. The first-order chi connectivity index (χ1) is 11.5. The van der Waals surface area contributed by atoms with Gasteiger partial charge >= 0.3 is 12.4 Å². The molecule has 2 amide bonds. The number of oxime groups is 1. The minimum Gasteiger partial charge on any atom is -0.386 e. The van der Waals surface area contributed by atoms with Crippen LogP contribution in [0.4, 0.5) is 32.0 Å². The summed E-state index contributed by atoms with van der Waals surface area (Å²) in [4.78, 5) is 26.6. The molecule has 0 heterocycles. The third-order valence-electron chi connectivity index (χ3n) is 2.38.